The zero-order valence-corrected chi connectivity index (χ0v) is 20.2. The Labute approximate surface area is 206 Å². The Morgan fingerprint density at radius 3 is 2.17 bits per heavy atom. The Hall–Kier alpha value is -3.70. The average molecular weight is 463 g/mol. The summed E-state index contributed by atoms with van der Waals surface area (Å²) in [6, 6.07) is 23.0. The Morgan fingerprint density at radius 2 is 1.43 bits per heavy atom. The predicted octanol–water partition coefficient (Wildman–Crippen LogP) is 8.64. The maximum atomic E-state index is 14.8. The van der Waals surface area contributed by atoms with E-state index in [1.165, 1.54) is 59.2 Å². The maximum Gasteiger partial charge on any atom is 0.139 e. The normalized spacial score (nSPS) is 11.5. The molecule has 0 N–H and O–H groups in total. The van der Waals surface area contributed by atoms with Crippen molar-refractivity contribution in [2.75, 3.05) is 0 Å². The molecule has 5 rings (SSSR count). The molecule has 0 saturated heterocycles. The molecule has 1 aliphatic rings. The minimum Gasteiger partial charge on any atom is -0.207 e. The molecule has 0 aromatic heterocycles. The zero-order chi connectivity index (χ0) is 24.4. The molecule has 0 spiro atoms. The lowest BCUT2D eigenvalue weighted by Crippen LogP contribution is -1.89. The van der Waals surface area contributed by atoms with Crippen molar-refractivity contribution in [1.82, 2.24) is 0 Å². The van der Waals surface area contributed by atoms with Crippen LogP contribution < -0.4 is 0 Å². The van der Waals surface area contributed by atoms with E-state index in [1.807, 2.05) is 6.07 Å². The summed E-state index contributed by atoms with van der Waals surface area (Å²) in [5.41, 5.74) is 9.72. The summed E-state index contributed by atoms with van der Waals surface area (Å²) >= 11 is 0. The predicted molar refractivity (Wildman–Crippen MR) is 140 cm³/mol. The van der Waals surface area contributed by atoms with Gasteiger partial charge in [-0.2, -0.15) is 0 Å². The van der Waals surface area contributed by atoms with Gasteiger partial charge in [0, 0.05) is 5.56 Å². The first-order valence-corrected chi connectivity index (χ1v) is 12.3. The molecular weight excluding hydrogens is 434 g/mol. The highest BCUT2D eigenvalue weighted by Crippen LogP contribution is 2.37. The number of halogens is 2. The molecule has 0 bridgehead atoms. The number of hydrogen-bond acceptors (Lipinski definition) is 0. The van der Waals surface area contributed by atoms with E-state index >= 15 is 0 Å². The van der Waals surface area contributed by atoms with Crippen molar-refractivity contribution in [2.45, 2.75) is 46.0 Å². The number of benzene rings is 4. The molecule has 0 heterocycles. The topological polar surface area (TPSA) is 0 Å². The summed E-state index contributed by atoms with van der Waals surface area (Å²) in [7, 11) is 0. The van der Waals surface area contributed by atoms with Crippen molar-refractivity contribution in [3.8, 4) is 34.1 Å². The monoisotopic (exact) mass is 462 g/mol. The Balaban J connectivity index is 1.34. The second kappa shape index (κ2) is 9.88. The molecule has 0 unspecified atom stereocenters. The van der Waals surface area contributed by atoms with Crippen LogP contribution in [0.5, 0.6) is 0 Å². The molecule has 0 nitrogen and oxygen atoms in total. The molecule has 0 fully saturated rings. The molecular formula is C33H28F2. The van der Waals surface area contributed by atoms with Crippen molar-refractivity contribution >= 4 is 0 Å². The number of aryl methyl sites for hydroxylation is 2. The van der Waals surface area contributed by atoms with E-state index in [2.05, 4.69) is 49.1 Å². The van der Waals surface area contributed by atoms with E-state index in [0.717, 1.165) is 18.4 Å². The van der Waals surface area contributed by atoms with Gasteiger partial charge in [0.1, 0.15) is 11.6 Å². The Bertz CT molecular complexity index is 1470. The van der Waals surface area contributed by atoms with Gasteiger partial charge in [-0.05, 0) is 101 Å². The SMILES string of the molecule is CCCCCc1ccc2c(c1)Cc1cc(C#Cc3ccc(-c4ccc(C)c(F)c4)cc3F)ccc1-2. The molecule has 0 saturated carbocycles. The van der Waals surface area contributed by atoms with Crippen LogP contribution >= 0.6 is 0 Å². The van der Waals surface area contributed by atoms with Gasteiger partial charge in [0.15, 0.2) is 0 Å². The number of hydrogen-bond donors (Lipinski definition) is 0. The highest BCUT2D eigenvalue weighted by molar-refractivity contribution is 5.78. The molecule has 4 aromatic rings. The van der Waals surface area contributed by atoms with Crippen LogP contribution in [0.4, 0.5) is 8.78 Å². The number of rotatable bonds is 5. The summed E-state index contributed by atoms with van der Waals surface area (Å²) < 4.78 is 28.7. The average Bonchev–Trinajstić information content (AvgIpc) is 3.22. The van der Waals surface area contributed by atoms with Gasteiger partial charge in [-0.25, -0.2) is 8.78 Å². The Morgan fingerprint density at radius 1 is 0.714 bits per heavy atom. The molecule has 4 aromatic carbocycles. The van der Waals surface area contributed by atoms with Crippen molar-refractivity contribution in [1.29, 1.82) is 0 Å². The maximum absolute atomic E-state index is 14.8. The number of unbranched alkanes of at least 4 members (excludes halogenated alkanes) is 2. The number of fused-ring (bicyclic) bond motifs is 3. The summed E-state index contributed by atoms with van der Waals surface area (Å²) in [4.78, 5) is 0. The minimum atomic E-state index is -0.403. The van der Waals surface area contributed by atoms with Crippen LogP contribution in [0.3, 0.4) is 0 Å². The van der Waals surface area contributed by atoms with E-state index in [9.17, 15) is 8.78 Å². The van der Waals surface area contributed by atoms with Gasteiger partial charge in [0.05, 0.1) is 5.56 Å². The molecule has 0 atom stereocenters. The third-order valence-electron chi connectivity index (χ3n) is 6.83. The summed E-state index contributed by atoms with van der Waals surface area (Å²) in [6.45, 7) is 3.94. The molecule has 0 radical (unpaired) electrons. The fraction of sp³-hybridized carbons (Fsp3) is 0.212. The van der Waals surface area contributed by atoms with Gasteiger partial charge in [0.2, 0.25) is 0 Å². The second-order valence-electron chi connectivity index (χ2n) is 9.41. The Kier molecular flexibility index (Phi) is 6.51. The van der Waals surface area contributed by atoms with Crippen LogP contribution in [-0.2, 0) is 12.8 Å². The second-order valence-corrected chi connectivity index (χ2v) is 9.41. The lowest BCUT2D eigenvalue weighted by atomic mass is 10.00. The highest BCUT2D eigenvalue weighted by Gasteiger charge is 2.18. The van der Waals surface area contributed by atoms with Gasteiger partial charge in [0.25, 0.3) is 0 Å². The summed E-state index contributed by atoms with van der Waals surface area (Å²) in [5, 5.41) is 0. The van der Waals surface area contributed by atoms with Crippen LogP contribution in [-0.4, -0.2) is 0 Å². The van der Waals surface area contributed by atoms with Crippen LogP contribution in [0, 0.1) is 30.4 Å². The standard InChI is InChI=1S/C33H28F2/c1-3-4-5-6-23-9-15-30-28(17-23)19-29-18-24(10-16-31(29)30)8-12-25-13-14-27(21-33(25)35)26-11-7-22(2)32(34)20-26/h7,9-11,13-18,20-21H,3-6,19H2,1-2H3. The first-order chi connectivity index (χ1) is 17.0. The fourth-order valence-corrected chi connectivity index (χ4v) is 4.78. The van der Waals surface area contributed by atoms with Gasteiger partial charge < -0.3 is 0 Å². The molecule has 174 valence electrons. The van der Waals surface area contributed by atoms with E-state index in [4.69, 9.17) is 0 Å². The molecule has 0 amide bonds. The third kappa shape index (κ3) is 4.91. The van der Waals surface area contributed by atoms with Crippen molar-refractivity contribution in [2.24, 2.45) is 0 Å². The van der Waals surface area contributed by atoms with E-state index in [0.29, 0.717) is 22.3 Å². The van der Waals surface area contributed by atoms with Gasteiger partial charge in [-0.3, -0.25) is 0 Å². The van der Waals surface area contributed by atoms with Crippen molar-refractivity contribution in [3.05, 3.63) is 118 Å². The summed E-state index contributed by atoms with van der Waals surface area (Å²) in [6.07, 6.45) is 5.80. The lowest BCUT2D eigenvalue weighted by Gasteiger charge is -2.05. The van der Waals surface area contributed by atoms with Gasteiger partial charge in [-0.15, -0.1) is 0 Å². The zero-order valence-electron chi connectivity index (χ0n) is 20.2. The molecule has 0 aliphatic heterocycles. The van der Waals surface area contributed by atoms with Crippen LogP contribution in [0.25, 0.3) is 22.3 Å². The van der Waals surface area contributed by atoms with Crippen LogP contribution in [0.2, 0.25) is 0 Å². The highest BCUT2D eigenvalue weighted by atomic mass is 19.1. The third-order valence-corrected chi connectivity index (χ3v) is 6.83. The largest absolute Gasteiger partial charge is 0.207 e. The van der Waals surface area contributed by atoms with Crippen LogP contribution in [0.15, 0.2) is 72.8 Å². The lowest BCUT2D eigenvalue weighted by molar-refractivity contribution is 0.618. The smallest absolute Gasteiger partial charge is 0.139 e. The quantitative estimate of drug-likeness (QED) is 0.181. The first kappa shape index (κ1) is 23.1. The van der Waals surface area contributed by atoms with Gasteiger partial charge in [-0.1, -0.05) is 74.1 Å². The van der Waals surface area contributed by atoms with Crippen molar-refractivity contribution in [3.63, 3.8) is 0 Å². The first-order valence-electron chi connectivity index (χ1n) is 12.3. The van der Waals surface area contributed by atoms with Gasteiger partial charge >= 0.3 is 0 Å². The van der Waals surface area contributed by atoms with E-state index in [1.54, 1.807) is 31.2 Å². The molecule has 2 heteroatoms. The fourth-order valence-electron chi connectivity index (χ4n) is 4.78. The van der Waals surface area contributed by atoms with E-state index < -0.39 is 5.82 Å². The summed E-state index contributed by atoms with van der Waals surface area (Å²) in [5.74, 6) is 5.41. The molecule has 35 heavy (non-hydrogen) atoms. The van der Waals surface area contributed by atoms with Crippen LogP contribution in [0.1, 0.15) is 59.6 Å². The van der Waals surface area contributed by atoms with E-state index in [-0.39, 0.29) is 5.82 Å². The minimum absolute atomic E-state index is 0.293. The molecule has 1 aliphatic carbocycles. The van der Waals surface area contributed by atoms with Crippen molar-refractivity contribution < 1.29 is 8.78 Å².